The molecule has 0 saturated carbocycles. The van der Waals surface area contributed by atoms with E-state index in [4.69, 9.17) is 4.74 Å². The number of ether oxygens (including phenoxy) is 1. The van der Waals surface area contributed by atoms with Gasteiger partial charge in [0.15, 0.2) is 5.13 Å². The van der Waals surface area contributed by atoms with E-state index in [1.165, 1.54) is 0 Å². The van der Waals surface area contributed by atoms with Gasteiger partial charge in [0, 0.05) is 5.69 Å². The molecule has 1 N–H and O–H groups in total. The molecule has 23 heavy (non-hydrogen) atoms. The minimum Gasteiger partial charge on any atom is -0.463 e. The number of anilines is 2. The fraction of sp³-hybridized carbons (Fsp3) is 0.222. The van der Waals surface area contributed by atoms with E-state index in [-0.39, 0.29) is 18.5 Å². The molecule has 5 heteroatoms. The van der Waals surface area contributed by atoms with Crippen molar-refractivity contribution in [1.82, 2.24) is 4.98 Å². The van der Waals surface area contributed by atoms with Gasteiger partial charge < -0.3 is 10.1 Å². The third kappa shape index (κ3) is 4.07. The smallest absolute Gasteiger partial charge is 0.310 e. The molecule has 0 spiro atoms. The van der Waals surface area contributed by atoms with Gasteiger partial charge in [-0.2, -0.15) is 0 Å². The number of esters is 1. The lowest BCUT2D eigenvalue weighted by atomic mass is 10.1. The first-order valence-corrected chi connectivity index (χ1v) is 8.33. The number of nitrogens with one attached hydrogen (secondary N) is 1. The van der Waals surface area contributed by atoms with Crippen LogP contribution in [0.2, 0.25) is 0 Å². The Morgan fingerprint density at radius 2 is 2.00 bits per heavy atom. The Morgan fingerprint density at radius 1 is 1.22 bits per heavy atom. The maximum Gasteiger partial charge on any atom is 0.310 e. The van der Waals surface area contributed by atoms with Crippen molar-refractivity contribution in [2.24, 2.45) is 0 Å². The van der Waals surface area contributed by atoms with Gasteiger partial charge in [0.25, 0.3) is 0 Å². The van der Waals surface area contributed by atoms with Crippen LogP contribution in [-0.4, -0.2) is 17.1 Å². The zero-order valence-electron chi connectivity index (χ0n) is 13.1. The van der Waals surface area contributed by atoms with Crippen LogP contribution in [-0.2, 0) is 16.0 Å². The topological polar surface area (TPSA) is 51.2 Å². The monoisotopic (exact) mass is 326 g/mol. The Hall–Kier alpha value is -2.40. The molecule has 0 unspecified atom stereocenters. The zero-order chi connectivity index (χ0) is 16.2. The highest BCUT2D eigenvalue weighted by Crippen LogP contribution is 2.29. The molecule has 0 aliphatic rings. The van der Waals surface area contributed by atoms with Crippen LogP contribution in [0.25, 0.3) is 10.2 Å². The van der Waals surface area contributed by atoms with Crippen molar-refractivity contribution in [3.8, 4) is 0 Å². The Kier molecular flexibility index (Phi) is 4.57. The molecule has 0 aliphatic carbocycles. The lowest BCUT2D eigenvalue weighted by molar-refractivity contribution is -0.146. The van der Waals surface area contributed by atoms with Gasteiger partial charge in [0.05, 0.1) is 22.7 Å². The Labute approximate surface area is 139 Å². The van der Waals surface area contributed by atoms with Gasteiger partial charge in [0.2, 0.25) is 0 Å². The van der Waals surface area contributed by atoms with E-state index in [0.29, 0.717) is 0 Å². The van der Waals surface area contributed by atoms with Crippen LogP contribution in [0.5, 0.6) is 0 Å². The van der Waals surface area contributed by atoms with Crippen LogP contribution in [0.1, 0.15) is 19.4 Å². The fourth-order valence-electron chi connectivity index (χ4n) is 2.25. The summed E-state index contributed by atoms with van der Waals surface area (Å²) >= 11 is 1.57. The number of rotatable bonds is 5. The maximum atomic E-state index is 11.8. The molecule has 118 valence electrons. The largest absolute Gasteiger partial charge is 0.463 e. The second-order valence-electron chi connectivity index (χ2n) is 5.53. The van der Waals surface area contributed by atoms with Crippen LogP contribution in [0.3, 0.4) is 0 Å². The van der Waals surface area contributed by atoms with Crippen molar-refractivity contribution < 1.29 is 9.53 Å². The Bertz CT molecular complexity index is 812. The first-order valence-electron chi connectivity index (χ1n) is 7.51. The second kappa shape index (κ2) is 6.79. The summed E-state index contributed by atoms with van der Waals surface area (Å²) in [6, 6.07) is 15.8. The van der Waals surface area contributed by atoms with Crippen molar-refractivity contribution in [2.45, 2.75) is 26.4 Å². The standard InChI is InChI=1S/C18H18N2O2S/c1-12(2)22-17(21)11-13-8-9-15-16(10-13)23-18(20-15)19-14-6-4-3-5-7-14/h3-10,12H,11H2,1-2H3,(H,19,20). The summed E-state index contributed by atoms with van der Waals surface area (Å²) in [5.74, 6) is -0.202. The van der Waals surface area contributed by atoms with Gasteiger partial charge in [-0.15, -0.1) is 0 Å². The first-order chi connectivity index (χ1) is 11.1. The van der Waals surface area contributed by atoms with Crippen molar-refractivity contribution in [3.63, 3.8) is 0 Å². The van der Waals surface area contributed by atoms with E-state index in [0.717, 1.165) is 26.6 Å². The maximum absolute atomic E-state index is 11.8. The normalized spacial score (nSPS) is 10.9. The van der Waals surface area contributed by atoms with Crippen LogP contribution < -0.4 is 5.32 Å². The number of nitrogens with zero attached hydrogens (tertiary/aromatic N) is 1. The van der Waals surface area contributed by atoms with Gasteiger partial charge in [-0.25, -0.2) is 4.98 Å². The van der Waals surface area contributed by atoms with E-state index in [1.807, 2.05) is 62.4 Å². The molecule has 4 nitrogen and oxygen atoms in total. The van der Waals surface area contributed by atoms with Crippen LogP contribution in [0, 0.1) is 0 Å². The van der Waals surface area contributed by atoms with Crippen LogP contribution in [0.15, 0.2) is 48.5 Å². The molecule has 0 bridgehead atoms. The number of carbonyl (C=O) groups is 1. The number of hydrogen-bond acceptors (Lipinski definition) is 5. The van der Waals surface area contributed by atoms with E-state index in [1.54, 1.807) is 11.3 Å². The molecule has 0 saturated heterocycles. The molecule has 3 aromatic rings. The Balaban J connectivity index is 1.76. The van der Waals surface area contributed by atoms with Crippen molar-refractivity contribution in [1.29, 1.82) is 0 Å². The average Bonchev–Trinajstić information content (AvgIpc) is 2.88. The summed E-state index contributed by atoms with van der Waals surface area (Å²) < 4.78 is 6.24. The number of hydrogen-bond donors (Lipinski definition) is 1. The summed E-state index contributed by atoms with van der Waals surface area (Å²) in [6.45, 7) is 3.71. The van der Waals surface area contributed by atoms with Crippen molar-refractivity contribution >= 4 is 38.3 Å². The molecule has 2 aromatic carbocycles. The SMILES string of the molecule is CC(C)OC(=O)Cc1ccc2nc(Nc3ccccc3)sc2c1. The fourth-order valence-corrected chi connectivity index (χ4v) is 3.20. The summed E-state index contributed by atoms with van der Waals surface area (Å²) in [5, 5.41) is 4.14. The van der Waals surface area contributed by atoms with Gasteiger partial charge in [-0.3, -0.25) is 4.79 Å². The molecule has 3 rings (SSSR count). The molecule has 0 amide bonds. The highest BCUT2D eigenvalue weighted by atomic mass is 32.1. The number of fused-ring (bicyclic) bond motifs is 1. The molecular formula is C18H18N2O2S. The summed E-state index contributed by atoms with van der Waals surface area (Å²) in [6.07, 6.45) is 0.198. The van der Waals surface area contributed by atoms with E-state index < -0.39 is 0 Å². The third-order valence-electron chi connectivity index (χ3n) is 3.19. The molecule has 0 aliphatic heterocycles. The van der Waals surface area contributed by atoms with E-state index in [9.17, 15) is 4.79 Å². The molecular weight excluding hydrogens is 308 g/mol. The van der Waals surface area contributed by atoms with Crippen LogP contribution in [0.4, 0.5) is 10.8 Å². The predicted molar refractivity (Wildman–Crippen MR) is 94.3 cm³/mol. The molecule has 1 aromatic heterocycles. The highest BCUT2D eigenvalue weighted by Gasteiger charge is 2.10. The van der Waals surface area contributed by atoms with E-state index >= 15 is 0 Å². The minimum atomic E-state index is -0.202. The third-order valence-corrected chi connectivity index (χ3v) is 4.13. The van der Waals surface area contributed by atoms with E-state index in [2.05, 4.69) is 10.3 Å². The van der Waals surface area contributed by atoms with Crippen LogP contribution >= 0.6 is 11.3 Å². The second-order valence-corrected chi connectivity index (χ2v) is 6.56. The van der Waals surface area contributed by atoms with Gasteiger partial charge >= 0.3 is 5.97 Å². The number of aromatic nitrogens is 1. The number of carbonyl (C=O) groups excluding carboxylic acids is 1. The quantitative estimate of drug-likeness (QED) is 0.700. The Morgan fingerprint density at radius 3 is 2.74 bits per heavy atom. The predicted octanol–water partition coefficient (Wildman–Crippen LogP) is 4.53. The van der Waals surface area contributed by atoms with Gasteiger partial charge in [-0.1, -0.05) is 35.6 Å². The number of para-hydroxylation sites is 1. The molecule has 0 atom stereocenters. The minimum absolute atomic E-state index is 0.0867. The van der Waals surface area contributed by atoms with Gasteiger partial charge in [0.1, 0.15) is 0 Å². The lowest BCUT2D eigenvalue weighted by Crippen LogP contribution is -2.13. The van der Waals surface area contributed by atoms with Crippen molar-refractivity contribution in [3.05, 3.63) is 54.1 Å². The molecule has 0 radical (unpaired) electrons. The summed E-state index contributed by atoms with van der Waals surface area (Å²) in [5.41, 5.74) is 2.87. The van der Waals surface area contributed by atoms with Gasteiger partial charge in [-0.05, 0) is 43.7 Å². The highest BCUT2D eigenvalue weighted by molar-refractivity contribution is 7.22. The number of benzene rings is 2. The number of thiazole rings is 1. The first kappa shape index (κ1) is 15.5. The molecule has 1 heterocycles. The molecule has 0 fully saturated rings. The van der Waals surface area contributed by atoms with Crippen molar-refractivity contribution in [2.75, 3.05) is 5.32 Å². The zero-order valence-corrected chi connectivity index (χ0v) is 13.9. The average molecular weight is 326 g/mol. The summed E-state index contributed by atoms with van der Waals surface area (Å²) in [4.78, 5) is 16.3. The summed E-state index contributed by atoms with van der Waals surface area (Å²) in [7, 11) is 0. The lowest BCUT2D eigenvalue weighted by Gasteiger charge is -2.07.